The Morgan fingerprint density at radius 1 is 0.359 bits per heavy atom. The molecule has 2 aromatic heterocycles. The summed E-state index contributed by atoms with van der Waals surface area (Å²) in [7, 11) is 0. The van der Waals surface area contributed by atoms with E-state index in [4.69, 9.17) is 9.97 Å². The van der Waals surface area contributed by atoms with Gasteiger partial charge in [-0.3, -0.25) is 4.98 Å². The van der Waals surface area contributed by atoms with Gasteiger partial charge < -0.3 is 4.57 Å². The van der Waals surface area contributed by atoms with E-state index in [0.717, 1.165) is 33.1 Å². The number of hydrogen-bond acceptors (Lipinski definition) is 2. The summed E-state index contributed by atoms with van der Waals surface area (Å²) in [6, 6.07) is 75.2. The van der Waals surface area contributed by atoms with Crippen LogP contribution in [0, 0.1) is 0 Å². The predicted molar refractivity (Wildman–Crippen MR) is 268 cm³/mol. The lowest BCUT2D eigenvalue weighted by atomic mass is 9.80. The highest BCUT2D eigenvalue weighted by Gasteiger charge is 2.36. The van der Waals surface area contributed by atoms with Crippen LogP contribution in [0.15, 0.2) is 212 Å². The van der Waals surface area contributed by atoms with Crippen LogP contribution in [0.3, 0.4) is 0 Å². The van der Waals surface area contributed by atoms with Crippen molar-refractivity contribution < 1.29 is 0 Å². The summed E-state index contributed by atoms with van der Waals surface area (Å²) < 4.78 is 2.38. The minimum Gasteiger partial charge on any atom is -0.309 e. The van der Waals surface area contributed by atoms with Crippen LogP contribution in [-0.4, -0.2) is 14.5 Å². The Bertz CT molecular complexity index is 3800. The Morgan fingerprint density at radius 3 is 1.45 bits per heavy atom. The van der Waals surface area contributed by atoms with Gasteiger partial charge in [0.15, 0.2) is 0 Å². The van der Waals surface area contributed by atoms with Crippen LogP contribution in [-0.2, 0) is 5.41 Å². The highest BCUT2D eigenvalue weighted by Crippen LogP contribution is 2.51. The highest BCUT2D eigenvalue weighted by atomic mass is 15.0. The third-order valence-electron chi connectivity index (χ3n) is 13.9. The van der Waals surface area contributed by atoms with Gasteiger partial charge in [0.1, 0.15) is 0 Å². The lowest BCUT2D eigenvalue weighted by Gasteiger charge is -2.22. The Labute approximate surface area is 371 Å². The maximum Gasteiger partial charge on any atom is 0.0979 e. The Hall–Kier alpha value is -8.14. The van der Waals surface area contributed by atoms with E-state index in [1.54, 1.807) is 0 Å². The number of para-hydroxylation sites is 2. The molecule has 0 saturated heterocycles. The smallest absolute Gasteiger partial charge is 0.0979 e. The summed E-state index contributed by atoms with van der Waals surface area (Å²) in [4.78, 5) is 10.2. The van der Waals surface area contributed by atoms with Crippen molar-refractivity contribution in [2.75, 3.05) is 0 Å². The van der Waals surface area contributed by atoms with Gasteiger partial charge in [-0.1, -0.05) is 178 Å². The highest BCUT2D eigenvalue weighted by molar-refractivity contribution is 6.23. The monoisotopic (exact) mass is 815 g/mol. The first-order valence-corrected chi connectivity index (χ1v) is 22.1. The molecule has 12 aromatic rings. The van der Waals surface area contributed by atoms with Gasteiger partial charge in [-0.15, -0.1) is 0 Å². The van der Waals surface area contributed by atoms with Crippen molar-refractivity contribution in [3.63, 3.8) is 0 Å². The zero-order valence-electron chi connectivity index (χ0n) is 35.5. The van der Waals surface area contributed by atoms with Crippen LogP contribution in [0.25, 0.3) is 116 Å². The zero-order valence-corrected chi connectivity index (χ0v) is 35.5. The van der Waals surface area contributed by atoms with Gasteiger partial charge in [0, 0.05) is 38.2 Å². The molecule has 64 heavy (non-hydrogen) atoms. The fraction of sp³-hybridized carbons (Fsp3) is 0.0492. The number of benzene rings is 10. The number of nitrogens with zero attached hydrogens (tertiary/aromatic N) is 3. The maximum atomic E-state index is 5.20. The van der Waals surface area contributed by atoms with Crippen LogP contribution < -0.4 is 0 Å². The number of hydrogen-bond donors (Lipinski definition) is 0. The number of aromatic nitrogens is 3. The second-order valence-electron chi connectivity index (χ2n) is 17.8. The van der Waals surface area contributed by atoms with Crippen molar-refractivity contribution in [2.24, 2.45) is 0 Å². The molecule has 3 heteroatoms. The molecular formula is C61H41N3. The second kappa shape index (κ2) is 13.9. The van der Waals surface area contributed by atoms with Crippen molar-refractivity contribution in [3.05, 3.63) is 224 Å². The lowest BCUT2D eigenvalue weighted by molar-refractivity contribution is 0.661. The molecule has 0 saturated carbocycles. The standard InChI is InChI=1S/C61H41N3/c1-61(2)54-35-43(28-31-48(54)49-32-29-44(36-55(49)61)42-30-33-58-53(34-42)50-16-10-11-19-57(50)64(58)45-12-4-3-5-13-45)40-22-20-38(21-23-40)39-24-26-41(27-25-39)56-37-62-59-51-17-8-6-14-46(51)47-15-7-9-18-52(47)60(59)63-56/h3-37H,1-2H3. The molecule has 0 radical (unpaired) electrons. The third-order valence-corrected chi connectivity index (χ3v) is 13.9. The van der Waals surface area contributed by atoms with Crippen molar-refractivity contribution in [1.82, 2.24) is 14.5 Å². The zero-order chi connectivity index (χ0) is 42.5. The number of rotatable bonds is 5. The van der Waals surface area contributed by atoms with Gasteiger partial charge in [0.05, 0.1) is 34.0 Å². The molecule has 0 spiro atoms. The normalized spacial score (nSPS) is 13.0. The van der Waals surface area contributed by atoms with E-state index in [9.17, 15) is 0 Å². The van der Waals surface area contributed by atoms with Crippen molar-refractivity contribution in [3.8, 4) is 61.5 Å². The third kappa shape index (κ3) is 5.54. The van der Waals surface area contributed by atoms with E-state index in [1.807, 2.05) is 6.20 Å². The van der Waals surface area contributed by atoms with Crippen LogP contribution in [0.4, 0.5) is 0 Å². The molecule has 10 aromatic carbocycles. The second-order valence-corrected chi connectivity index (χ2v) is 17.8. The predicted octanol–water partition coefficient (Wildman–Crippen LogP) is 16.0. The minimum atomic E-state index is -0.151. The van der Waals surface area contributed by atoms with Gasteiger partial charge in [-0.2, -0.15) is 0 Å². The van der Waals surface area contributed by atoms with Gasteiger partial charge in [0.25, 0.3) is 0 Å². The van der Waals surface area contributed by atoms with Crippen LogP contribution in [0.2, 0.25) is 0 Å². The van der Waals surface area contributed by atoms with E-state index in [0.29, 0.717) is 0 Å². The summed E-state index contributed by atoms with van der Waals surface area (Å²) in [6.07, 6.45) is 1.91. The first-order chi connectivity index (χ1) is 31.5. The molecule has 1 aliphatic carbocycles. The first-order valence-electron chi connectivity index (χ1n) is 22.1. The van der Waals surface area contributed by atoms with E-state index < -0.39 is 0 Å². The minimum absolute atomic E-state index is 0.151. The molecule has 0 unspecified atom stereocenters. The number of fused-ring (bicyclic) bond motifs is 12. The Kier molecular flexibility index (Phi) is 7.95. The van der Waals surface area contributed by atoms with E-state index in [-0.39, 0.29) is 5.41 Å². The molecule has 2 heterocycles. The Morgan fingerprint density at radius 2 is 0.812 bits per heavy atom. The molecule has 0 atom stereocenters. The van der Waals surface area contributed by atoms with Crippen molar-refractivity contribution in [2.45, 2.75) is 19.3 Å². The van der Waals surface area contributed by atoms with Gasteiger partial charge in [0.2, 0.25) is 0 Å². The van der Waals surface area contributed by atoms with Crippen molar-refractivity contribution in [1.29, 1.82) is 0 Å². The van der Waals surface area contributed by atoms with Gasteiger partial charge >= 0.3 is 0 Å². The molecule has 0 aliphatic heterocycles. The average Bonchev–Trinajstić information content (AvgIpc) is 3.81. The van der Waals surface area contributed by atoms with Crippen LogP contribution >= 0.6 is 0 Å². The van der Waals surface area contributed by atoms with E-state index in [1.165, 1.54) is 93.9 Å². The summed E-state index contributed by atoms with van der Waals surface area (Å²) in [5.74, 6) is 0. The molecule has 13 rings (SSSR count). The topological polar surface area (TPSA) is 30.7 Å². The van der Waals surface area contributed by atoms with Crippen molar-refractivity contribution >= 4 is 54.4 Å². The largest absolute Gasteiger partial charge is 0.309 e. The average molecular weight is 816 g/mol. The quantitative estimate of drug-likeness (QED) is 0.162. The molecule has 0 bridgehead atoms. The van der Waals surface area contributed by atoms with Gasteiger partial charge in [-0.25, -0.2) is 4.98 Å². The fourth-order valence-electron chi connectivity index (χ4n) is 10.6. The summed E-state index contributed by atoms with van der Waals surface area (Å²) in [5, 5.41) is 7.21. The molecule has 0 N–H and O–H groups in total. The molecule has 1 aliphatic rings. The maximum absolute atomic E-state index is 5.20. The molecule has 0 fully saturated rings. The molecular weight excluding hydrogens is 775 g/mol. The molecule has 300 valence electrons. The molecule has 0 amide bonds. The van der Waals surface area contributed by atoms with Crippen LogP contribution in [0.5, 0.6) is 0 Å². The van der Waals surface area contributed by atoms with Crippen LogP contribution in [0.1, 0.15) is 25.0 Å². The summed E-state index contributed by atoms with van der Waals surface area (Å²) >= 11 is 0. The molecule has 3 nitrogen and oxygen atoms in total. The lowest BCUT2D eigenvalue weighted by Crippen LogP contribution is -2.15. The first kappa shape index (κ1) is 36.5. The summed E-state index contributed by atoms with van der Waals surface area (Å²) in [6.45, 7) is 4.75. The summed E-state index contributed by atoms with van der Waals surface area (Å²) in [5.41, 5.74) is 19.9. The van der Waals surface area contributed by atoms with E-state index in [2.05, 4.69) is 225 Å². The SMILES string of the molecule is CC1(C)c2cc(-c3ccc(-c4ccc(-c5cnc6c7ccccc7c7ccccc7c6n5)cc4)cc3)ccc2-c2ccc(-c3ccc4c(c3)c3ccccc3n4-c3ccccc3)cc21. The van der Waals surface area contributed by atoms with E-state index >= 15 is 0 Å². The van der Waals surface area contributed by atoms with Gasteiger partial charge in [-0.05, 0) is 109 Å². The Balaban J connectivity index is 0.783. The fourth-order valence-corrected chi connectivity index (χ4v) is 10.6.